The van der Waals surface area contributed by atoms with Crippen LogP contribution in [-0.2, 0) is 0 Å². The highest BCUT2D eigenvalue weighted by atomic mass is 15.3. The smallest absolute Gasteiger partial charge is 0.0447 e. The predicted octanol–water partition coefficient (Wildman–Crippen LogP) is 1.90. The molecule has 3 heteroatoms. The molecule has 0 atom stereocenters. The Bertz CT molecular complexity index is 418. The molecule has 1 aromatic rings. The van der Waals surface area contributed by atoms with Crippen molar-refractivity contribution >= 4 is 5.69 Å². The zero-order valence-electron chi connectivity index (χ0n) is 12.1. The average Bonchev–Trinajstić information content (AvgIpc) is 2.39. The van der Waals surface area contributed by atoms with Gasteiger partial charge in [0, 0.05) is 51.0 Å². The van der Waals surface area contributed by atoms with Crippen molar-refractivity contribution in [2.45, 2.75) is 25.8 Å². The summed E-state index contributed by atoms with van der Waals surface area (Å²) in [7, 11) is 0. The Kier molecular flexibility index (Phi) is 3.76. The summed E-state index contributed by atoms with van der Waals surface area (Å²) < 4.78 is 0. The van der Waals surface area contributed by atoms with Crippen LogP contribution >= 0.6 is 0 Å². The highest BCUT2D eigenvalue weighted by molar-refractivity contribution is 5.57. The van der Waals surface area contributed by atoms with E-state index in [0.29, 0.717) is 5.92 Å². The summed E-state index contributed by atoms with van der Waals surface area (Å²) in [4.78, 5) is 5.19. The molecule has 2 aliphatic heterocycles. The van der Waals surface area contributed by atoms with E-state index in [0.717, 1.165) is 19.1 Å². The lowest BCUT2D eigenvalue weighted by atomic mass is 9.97. The van der Waals surface area contributed by atoms with Gasteiger partial charge in [0.15, 0.2) is 0 Å². The zero-order chi connectivity index (χ0) is 13.2. The molecule has 0 aliphatic carbocycles. The third kappa shape index (κ3) is 2.63. The quantitative estimate of drug-likeness (QED) is 0.894. The van der Waals surface area contributed by atoms with Gasteiger partial charge in [-0.2, -0.15) is 0 Å². The third-order valence-electron chi connectivity index (χ3n) is 4.43. The minimum absolute atomic E-state index is 0.606. The average molecular weight is 259 g/mol. The Hall–Kier alpha value is -1.06. The minimum atomic E-state index is 0.606. The first kappa shape index (κ1) is 12.9. The molecule has 0 radical (unpaired) electrons. The fourth-order valence-electron chi connectivity index (χ4n) is 3.19. The van der Waals surface area contributed by atoms with Crippen molar-refractivity contribution in [3.63, 3.8) is 0 Å². The Morgan fingerprint density at radius 2 is 1.79 bits per heavy atom. The van der Waals surface area contributed by atoms with Crippen LogP contribution in [0.4, 0.5) is 5.69 Å². The van der Waals surface area contributed by atoms with Gasteiger partial charge in [-0.25, -0.2) is 0 Å². The molecule has 0 aromatic heterocycles. The number of anilines is 1. The van der Waals surface area contributed by atoms with Gasteiger partial charge in [-0.1, -0.05) is 32.0 Å². The van der Waals surface area contributed by atoms with Gasteiger partial charge < -0.3 is 10.2 Å². The Morgan fingerprint density at radius 3 is 2.47 bits per heavy atom. The second-order valence-electron chi connectivity index (χ2n) is 6.06. The van der Waals surface area contributed by atoms with Crippen molar-refractivity contribution in [2.75, 3.05) is 44.2 Å². The number of nitrogens with zero attached hydrogens (tertiary/aromatic N) is 2. The summed E-state index contributed by atoms with van der Waals surface area (Å²) >= 11 is 0. The Labute approximate surface area is 116 Å². The normalized spacial score (nSPS) is 21.7. The molecule has 2 fully saturated rings. The first-order valence-electron chi connectivity index (χ1n) is 7.54. The first-order chi connectivity index (χ1) is 9.25. The monoisotopic (exact) mass is 259 g/mol. The topological polar surface area (TPSA) is 18.5 Å². The van der Waals surface area contributed by atoms with E-state index in [1.807, 2.05) is 0 Å². The van der Waals surface area contributed by atoms with Crippen LogP contribution < -0.4 is 10.2 Å². The number of para-hydroxylation sites is 1. The van der Waals surface area contributed by atoms with Crippen LogP contribution in [0.15, 0.2) is 24.3 Å². The van der Waals surface area contributed by atoms with E-state index in [2.05, 4.69) is 53.2 Å². The molecule has 1 N–H and O–H groups in total. The van der Waals surface area contributed by atoms with Gasteiger partial charge in [-0.05, 0) is 17.5 Å². The van der Waals surface area contributed by atoms with Crippen molar-refractivity contribution in [3.05, 3.63) is 29.8 Å². The molecule has 3 rings (SSSR count). The second kappa shape index (κ2) is 5.51. The van der Waals surface area contributed by atoms with E-state index in [9.17, 15) is 0 Å². The van der Waals surface area contributed by atoms with Gasteiger partial charge in [0.2, 0.25) is 0 Å². The van der Waals surface area contributed by atoms with E-state index in [1.54, 1.807) is 0 Å². The largest absolute Gasteiger partial charge is 0.368 e. The first-order valence-corrected chi connectivity index (χ1v) is 7.54. The lowest BCUT2D eigenvalue weighted by Crippen LogP contribution is -2.63. The molecule has 2 saturated heterocycles. The van der Waals surface area contributed by atoms with Crippen LogP contribution in [0.3, 0.4) is 0 Å². The summed E-state index contributed by atoms with van der Waals surface area (Å²) in [6.07, 6.45) is 0. The van der Waals surface area contributed by atoms with Crippen molar-refractivity contribution in [2.24, 2.45) is 0 Å². The van der Waals surface area contributed by atoms with Gasteiger partial charge >= 0.3 is 0 Å². The molecule has 3 nitrogen and oxygen atoms in total. The maximum atomic E-state index is 3.43. The fourth-order valence-corrected chi connectivity index (χ4v) is 3.19. The van der Waals surface area contributed by atoms with Crippen molar-refractivity contribution in [1.82, 2.24) is 10.2 Å². The molecule has 1 aromatic carbocycles. The van der Waals surface area contributed by atoms with Crippen LogP contribution in [0.25, 0.3) is 0 Å². The van der Waals surface area contributed by atoms with E-state index in [-0.39, 0.29) is 0 Å². The zero-order valence-corrected chi connectivity index (χ0v) is 12.1. The molecule has 19 heavy (non-hydrogen) atoms. The summed E-state index contributed by atoms with van der Waals surface area (Å²) in [5.41, 5.74) is 2.94. The molecular formula is C16H25N3. The van der Waals surface area contributed by atoms with Crippen molar-refractivity contribution < 1.29 is 0 Å². The van der Waals surface area contributed by atoms with Crippen LogP contribution in [-0.4, -0.2) is 50.2 Å². The lowest BCUT2D eigenvalue weighted by Gasteiger charge is -2.48. The summed E-state index contributed by atoms with van der Waals surface area (Å²) in [6, 6.07) is 9.65. The molecule has 2 aliphatic rings. The number of nitrogens with one attached hydrogen (secondary N) is 1. The lowest BCUT2D eigenvalue weighted by molar-refractivity contribution is 0.147. The summed E-state index contributed by atoms with van der Waals surface area (Å²) in [5.74, 6) is 0.606. The van der Waals surface area contributed by atoms with E-state index < -0.39 is 0 Å². The molecule has 2 heterocycles. The molecule has 0 saturated carbocycles. The number of rotatable bonds is 3. The van der Waals surface area contributed by atoms with Crippen LogP contribution in [0, 0.1) is 0 Å². The van der Waals surface area contributed by atoms with E-state index >= 15 is 0 Å². The van der Waals surface area contributed by atoms with Crippen molar-refractivity contribution in [1.29, 1.82) is 0 Å². The predicted molar refractivity (Wildman–Crippen MR) is 81.0 cm³/mol. The van der Waals surface area contributed by atoms with Gasteiger partial charge in [0.1, 0.15) is 0 Å². The second-order valence-corrected chi connectivity index (χ2v) is 6.06. The van der Waals surface area contributed by atoms with Crippen molar-refractivity contribution in [3.8, 4) is 0 Å². The number of hydrogen-bond donors (Lipinski definition) is 1. The standard InChI is InChI=1S/C16H25N3/c1-13(2)15-5-3-4-6-16(15)19-11-14(12-19)18-9-7-17-8-10-18/h3-6,13-14,17H,7-12H2,1-2H3. The maximum Gasteiger partial charge on any atom is 0.0447 e. The van der Waals surface area contributed by atoms with Gasteiger partial charge in [-0.15, -0.1) is 0 Å². The Balaban J connectivity index is 1.64. The number of benzene rings is 1. The third-order valence-corrected chi connectivity index (χ3v) is 4.43. The molecule has 0 amide bonds. The van der Waals surface area contributed by atoms with Gasteiger partial charge in [-0.3, -0.25) is 4.90 Å². The highest BCUT2D eigenvalue weighted by Crippen LogP contribution is 2.31. The minimum Gasteiger partial charge on any atom is -0.368 e. The van der Waals surface area contributed by atoms with Gasteiger partial charge in [0.25, 0.3) is 0 Å². The Morgan fingerprint density at radius 1 is 1.11 bits per heavy atom. The summed E-state index contributed by atoms with van der Waals surface area (Å²) in [6.45, 7) is 11.7. The molecular weight excluding hydrogens is 234 g/mol. The van der Waals surface area contributed by atoms with Crippen LogP contribution in [0.1, 0.15) is 25.3 Å². The molecule has 104 valence electrons. The molecule has 0 bridgehead atoms. The van der Waals surface area contributed by atoms with E-state index in [4.69, 9.17) is 0 Å². The highest BCUT2D eigenvalue weighted by Gasteiger charge is 2.33. The number of piperazine rings is 1. The van der Waals surface area contributed by atoms with Gasteiger partial charge in [0.05, 0.1) is 0 Å². The fraction of sp³-hybridized carbons (Fsp3) is 0.625. The summed E-state index contributed by atoms with van der Waals surface area (Å²) in [5, 5.41) is 3.43. The SMILES string of the molecule is CC(C)c1ccccc1N1CC(N2CCNCC2)C1. The van der Waals surface area contributed by atoms with Crippen LogP contribution in [0.2, 0.25) is 0 Å². The maximum absolute atomic E-state index is 3.43. The molecule has 0 unspecified atom stereocenters. The van der Waals surface area contributed by atoms with Crippen LogP contribution in [0.5, 0.6) is 0 Å². The number of hydrogen-bond acceptors (Lipinski definition) is 3. The van der Waals surface area contributed by atoms with E-state index in [1.165, 1.54) is 37.4 Å². The molecule has 0 spiro atoms.